The molecule has 2 N–H and O–H groups in total. The molecule has 0 saturated carbocycles. The number of methoxy groups -OCH3 is 1. The number of carbonyl (C=O) groups excluding carboxylic acids is 1. The fourth-order valence-corrected chi connectivity index (χ4v) is 4.14. The zero-order valence-electron chi connectivity index (χ0n) is 20.0. The summed E-state index contributed by atoms with van der Waals surface area (Å²) in [6.07, 6.45) is -3.88. The van der Waals surface area contributed by atoms with Gasteiger partial charge in [-0.15, -0.1) is 0 Å². The minimum atomic E-state index is -4.60. The number of benzene rings is 2. The number of ether oxygens (including phenoxy) is 2. The maximum Gasteiger partial charge on any atom is 0.418 e. The molecule has 1 aromatic heterocycles. The molecule has 0 spiro atoms. The van der Waals surface area contributed by atoms with E-state index in [0.29, 0.717) is 35.8 Å². The molecule has 190 valence electrons. The second-order valence-electron chi connectivity index (χ2n) is 8.25. The van der Waals surface area contributed by atoms with Gasteiger partial charge in [0.1, 0.15) is 11.6 Å². The number of carbonyl (C=O) groups is 1. The molecule has 4 rings (SSSR count). The molecule has 0 bridgehead atoms. The molecule has 3 aromatic rings. The number of pyridine rings is 1. The van der Waals surface area contributed by atoms with Gasteiger partial charge in [-0.05, 0) is 41.8 Å². The first-order valence-corrected chi connectivity index (χ1v) is 11.4. The Kier molecular flexibility index (Phi) is 7.64. The fourth-order valence-electron chi connectivity index (χ4n) is 4.14. The van der Waals surface area contributed by atoms with Crippen LogP contribution in [0, 0.1) is 0 Å². The Morgan fingerprint density at radius 3 is 2.56 bits per heavy atom. The van der Waals surface area contributed by atoms with Crippen LogP contribution < -0.4 is 20.3 Å². The number of anilines is 3. The van der Waals surface area contributed by atoms with E-state index in [9.17, 15) is 18.0 Å². The lowest BCUT2D eigenvalue weighted by molar-refractivity contribution is -0.138. The molecule has 1 saturated heterocycles. The average molecular weight is 501 g/mol. The molecule has 7 nitrogen and oxygen atoms in total. The fraction of sp³-hybridized carbons (Fsp3) is 0.308. The highest BCUT2D eigenvalue weighted by molar-refractivity contribution is 5.95. The van der Waals surface area contributed by atoms with Gasteiger partial charge in [0.05, 0.1) is 31.6 Å². The molecule has 0 aliphatic carbocycles. The molecule has 0 unspecified atom stereocenters. The maximum atomic E-state index is 13.8. The molecule has 2 aromatic carbocycles. The number of hydrogen-bond acceptors (Lipinski definition) is 6. The van der Waals surface area contributed by atoms with Crippen molar-refractivity contribution in [2.75, 3.05) is 50.7 Å². The number of alkyl halides is 3. The number of rotatable bonds is 7. The molecular formula is C26H27F3N4O3. The van der Waals surface area contributed by atoms with E-state index in [4.69, 9.17) is 9.47 Å². The number of amides is 1. The number of morpholine rings is 1. The van der Waals surface area contributed by atoms with E-state index in [1.54, 1.807) is 24.3 Å². The first kappa shape index (κ1) is 25.3. The summed E-state index contributed by atoms with van der Waals surface area (Å²) in [5.74, 6) is 0.400. The second kappa shape index (κ2) is 10.9. The van der Waals surface area contributed by atoms with Crippen LogP contribution in [0.5, 0.6) is 5.75 Å². The van der Waals surface area contributed by atoms with Crippen LogP contribution in [-0.4, -0.2) is 51.4 Å². The average Bonchev–Trinajstić information content (AvgIpc) is 2.88. The van der Waals surface area contributed by atoms with Gasteiger partial charge in [-0.3, -0.25) is 4.79 Å². The Morgan fingerprint density at radius 1 is 1.11 bits per heavy atom. The summed E-state index contributed by atoms with van der Waals surface area (Å²) in [7, 11) is 3.01. The molecule has 1 amide bonds. The lowest BCUT2D eigenvalue weighted by atomic mass is 9.96. The van der Waals surface area contributed by atoms with Crippen molar-refractivity contribution in [2.24, 2.45) is 0 Å². The van der Waals surface area contributed by atoms with Crippen molar-refractivity contribution in [3.63, 3.8) is 0 Å². The normalized spacial score (nSPS) is 13.9. The van der Waals surface area contributed by atoms with Crippen LogP contribution in [0.3, 0.4) is 0 Å². The minimum Gasteiger partial charge on any atom is -0.494 e. The van der Waals surface area contributed by atoms with Crippen LogP contribution in [0.15, 0.2) is 54.7 Å². The van der Waals surface area contributed by atoms with Crippen molar-refractivity contribution in [1.82, 2.24) is 10.3 Å². The van der Waals surface area contributed by atoms with Crippen molar-refractivity contribution < 1.29 is 27.4 Å². The third-order valence-electron chi connectivity index (χ3n) is 5.99. The van der Waals surface area contributed by atoms with Crippen LogP contribution in [0.1, 0.15) is 27.0 Å². The van der Waals surface area contributed by atoms with E-state index in [0.717, 1.165) is 25.0 Å². The summed E-state index contributed by atoms with van der Waals surface area (Å²) < 4.78 is 52.3. The van der Waals surface area contributed by atoms with Gasteiger partial charge < -0.3 is 25.0 Å². The van der Waals surface area contributed by atoms with Crippen molar-refractivity contribution >= 4 is 23.1 Å². The van der Waals surface area contributed by atoms with Gasteiger partial charge in [0.15, 0.2) is 0 Å². The Morgan fingerprint density at radius 2 is 1.86 bits per heavy atom. The number of halogens is 3. The molecule has 10 heteroatoms. The molecule has 1 fully saturated rings. The smallest absolute Gasteiger partial charge is 0.418 e. The van der Waals surface area contributed by atoms with E-state index in [1.165, 1.54) is 20.2 Å². The van der Waals surface area contributed by atoms with E-state index in [1.807, 2.05) is 18.2 Å². The summed E-state index contributed by atoms with van der Waals surface area (Å²) in [4.78, 5) is 18.4. The monoisotopic (exact) mass is 500 g/mol. The van der Waals surface area contributed by atoms with Gasteiger partial charge in [0.25, 0.3) is 5.91 Å². The molecule has 1 aliphatic rings. The zero-order chi connectivity index (χ0) is 25.7. The third kappa shape index (κ3) is 5.71. The largest absolute Gasteiger partial charge is 0.494 e. The lowest BCUT2D eigenvalue weighted by Gasteiger charge is -2.29. The van der Waals surface area contributed by atoms with Crippen molar-refractivity contribution in [3.05, 3.63) is 77.0 Å². The molecule has 0 radical (unpaired) electrons. The Bertz CT molecular complexity index is 1230. The van der Waals surface area contributed by atoms with Crippen LogP contribution in [0.25, 0.3) is 0 Å². The molecule has 1 aliphatic heterocycles. The van der Waals surface area contributed by atoms with E-state index in [2.05, 4.69) is 20.5 Å². The SMILES string of the molecule is CNC(=O)c1ccccc1Cc1cc(Nc2ccc(N3CCOCC3)cc2OC)ncc1C(F)(F)F. The lowest BCUT2D eigenvalue weighted by Crippen LogP contribution is -2.36. The van der Waals surface area contributed by atoms with Crippen LogP contribution in [0.4, 0.5) is 30.4 Å². The molecule has 2 heterocycles. The van der Waals surface area contributed by atoms with Gasteiger partial charge in [-0.2, -0.15) is 13.2 Å². The predicted molar refractivity (Wildman–Crippen MR) is 131 cm³/mol. The Labute approximate surface area is 207 Å². The highest BCUT2D eigenvalue weighted by Crippen LogP contribution is 2.36. The van der Waals surface area contributed by atoms with Gasteiger partial charge >= 0.3 is 6.18 Å². The maximum absolute atomic E-state index is 13.8. The zero-order valence-corrected chi connectivity index (χ0v) is 20.0. The molecule has 0 atom stereocenters. The predicted octanol–water partition coefficient (Wildman–Crippen LogP) is 4.64. The van der Waals surface area contributed by atoms with E-state index in [-0.39, 0.29) is 23.7 Å². The van der Waals surface area contributed by atoms with Gasteiger partial charge in [0.2, 0.25) is 0 Å². The van der Waals surface area contributed by atoms with E-state index >= 15 is 0 Å². The van der Waals surface area contributed by atoms with Crippen molar-refractivity contribution in [1.29, 1.82) is 0 Å². The van der Waals surface area contributed by atoms with Crippen LogP contribution >= 0.6 is 0 Å². The summed E-state index contributed by atoms with van der Waals surface area (Å²) in [5, 5.41) is 5.61. The first-order chi connectivity index (χ1) is 17.3. The summed E-state index contributed by atoms with van der Waals surface area (Å²) >= 11 is 0. The highest BCUT2D eigenvalue weighted by Gasteiger charge is 2.34. The van der Waals surface area contributed by atoms with Crippen molar-refractivity contribution in [3.8, 4) is 5.75 Å². The van der Waals surface area contributed by atoms with Crippen LogP contribution in [-0.2, 0) is 17.3 Å². The minimum absolute atomic E-state index is 0.000238. The quantitative estimate of drug-likeness (QED) is 0.493. The number of hydrogen-bond donors (Lipinski definition) is 2. The van der Waals surface area contributed by atoms with Gasteiger partial charge in [-0.25, -0.2) is 4.98 Å². The first-order valence-electron chi connectivity index (χ1n) is 11.4. The highest BCUT2D eigenvalue weighted by atomic mass is 19.4. The number of nitrogens with zero attached hydrogens (tertiary/aromatic N) is 2. The number of aromatic nitrogens is 1. The summed E-state index contributed by atoms with van der Waals surface area (Å²) in [5.41, 5.74) is 1.48. The van der Waals surface area contributed by atoms with E-state index < -0.39 is 11.7 Å². The Balaban J connectivity index is 1.66. The summed E-state index contributed by atoms with van der Waals surface area (Å²) in [6.45, 7) is 2.81. The summed E-state index contributed by atoms with van der Waals surface area (Å²) in [6, 6.07) is 13.6. The molecule has 36 heavy (non-hydrogen) atoms. The molecular weight excluding hydrogens is 473 g/mol. The van der Waals surface area contributed by atoms with Gasteiger partial charge in [0, 0.05) is 43.7 Å². The standard InChI is InChI=1S/C26H27F3N4O3/c1-30-25(34)20-6-4-3-5-17(20)13-18-14-24(31-16-21(18)26(27,28)29)32-22-8-7-19(15-23(22)35-2)33-9-11-36-12-10-33/h3-8,14-16H,9-13H2,1-2H3,(H,30,34)(H,31,32). The van der Waals surface area contributed by atoms with Crippen LogP contribution in [0.2, 0.25) is 0 Å². The topological polar surface area (TPSA) is 75.7 Å². The van der Waals surface area contributed by atoms with Gasteiger partial charge in [-0.1, -0.05) is 18.2 Å². The second-order valence-corrected chi connectivity index (χ2v) is 8.25. The number of nitrogens with one attached hydrogen (secondary N) is 2. The van der Waals surface area contributed by atoms with Crippen molar-refractivity contribution in [2.45, 2.75) is 12.6 Å². The third-order valence-corrected chi connectivity index (χ3v) is 5.99. The Hall–Kier alpha value is -3.79.